The van der Waals surface area contributed by atoms with Gasteiger partial charge in [-0.3, -0.25) is 0 Å². The molecule has 0 atom stereocenters. The number of halogens is 1. The van der Waals surface area contributed by atoms with E-state index in [-0.39, 0.29) is 15.8 Å². The first-order chi connectivity index (χ1) is 10.7. The number of benzene rings is 1. The molecule has 1 fully saturated rings. The summed E-state index contributed by atoms with van der Waals surface area (Å²) < 4.78 is 51.5. The monoisotopic (exact) mass is 423 g/mol. The first-order valence-corrected chi connectivity index (χ1v) is 11.8. The molecule has 0 aliphatic heterocycles. The molecule has 0 spiro atoms. The second-order valence-electron chi connectivity index (χ2n) is 5.86. The second kappa shape index (κ2) is 7.21. The van der Waals surface area contributed by atoms with Crippen molar-refractivity contribution in [2.75, 3.05) is 12.8 Å². The Labute approximate surface area is 147 Å². The molecule has 1 aromatic carbocycles. The predicted molar refractivity (Wildman–Crippen MR) is 93.7 cm³/mol. The highest BCUT2D eigenvalue weighted by Gasteiger charge is 2.33. The molecular weight excluding hydrogens is 402 g/mol. The van der Waals surface area contributed by atoms with Crippen LogP contribution < -0.4 is 0 Å². The number of hydrogen-bond acceptors (Lipinski definition) is 4. The molecule has 1 aliphatic carbocycles. The SMILES string of the molecule is CCN(C1CCCCC1)S(=O)(=O)c1cc(S(C)(=O)=O)ccc1Br. The van der Waals surface area contributed by atoms with E-state index in [1.165, 1.54) is 22.5 Å². The number of sulfone groups is 1. The van der Waals surface area contributed by atoms with Crippen molar-refractivity contribution in [2.45, 2.75) is 54.9 Å². The highest BCUT2D eigenvalue weighted by atomic mass is 79.9. The summed E-state index contributed by atoms with van der Waals surface area (Å²) >= 11 is 3.25. The molecule has 0 heterocycles. The van der Waals surface area contributed by atoms with E-state index >= 15 is 0 Å². The molecule has 0 amide bonds. The van der Waals surface area contributed by atoms with Gasteiger partial charge in [-0.25, -0.2) is 16.8 Å². The van der Waals surface area contributed by atoms with Gasteiger partial charge in [0, 0.05) is 23.3 Å². The summed E-state index contributed by atoms with van der Waals surface area (Å²) in [6.07, 6.45) is 5.99. The zero-order valence-corrected chi connectivity index (χ0v) is 16.5. The lowest BCUT2D eigenvalue weighted by Gasteiger charge is -2.32. The average molecular weight is 424 g/mol. The normalized spacial score (nSPS) is 17.6. The number of hydrogen-bond donors (Lipinski definition) is 0. The minimum absolute atomic E-state index is 0.00691. The van der Waals surface area contributed by atoms with Crippen LogP contribution in [-0.4, -0.2) is 40.0 Å². The van der Waals surface area contributed by atoms with Gasteiger partial charge in [0.2, 0.25) is 10.0 Å². The molecule has 0 bridgehead atoms. The van der Waals surface area contributed by atoms with Crippen LogP contribution in [0, 0.1) is 0 Å². The summed E-state index contributed by atoms with van der Waals surface area (Å²) in [5, 5.41) is 0. The van der Waals surface area contributed by atoms with Gasteiger partial charge >= 0.3 is 0 Å². The Morgan fingerprint density at radius 3 is 2.26 bits per heavy atom. The molecule has 130 valence electrons. The van der Waals surface area contributed by atoms with Crippen LogP contribution >= 0.6 is 15.9 Å². The van der Waals surface area contributed by atoms with Crippen molar-refractivity contribution in [3.8, 4) is 0 Å². The van der Waals surface area contributed by atoms with Gasteiger partial charge in [-0.1, -0.05) is 26.2 Å². The Kier molecular flexibility index (Phi) is 5.92. The van der Waals surface area contributed by atoms with Crippen molar-refractivity contribution in [1.29, 1.82) is 0 Å². The quantitative estimate of drug-likeness (QED) is 0.728. The van der Waals surface area contributed by atoms with E-state index in [0.29, 0.717) is 11.0 Å². The highest BCUT2D eigenvalue weighted by Crippen LogP contribution is 2.32. The van der Waals surface area contributed by atoms with Crippen LogP contribution in [0.5, 0.6) is 0 Å². The number of rotatable bonds is 5. The maximum Gasteiger partial charge on any atom is 0.244 e. The smallest absolute Gasteiger partial charge is 0.224 e. The van der Waals surface area contributed by atoms with Gasteiger partial charge < -0.3 is 0 Å². The first kappa shape index (κ1) is 18.9. The van der Waals surface area contributed by atoms with Crippen molar-refractivity contribution in [3.63, 3.8) is 0 Å². The summed E-state index contributed by atoms with van der Waals surface area (Å²) in [4.78, 5) is 0.0341. The van der Waals surface area contributed by atoms with Gasteiger partial charge in [-0.05, 0) is 47.0 Å². The predicted octanol–water partition coefficient (Wildman–Crippen LogP) is 3.20. The number of nitrogens with zero attached hydrogens (tertiary/aromatic N) is 1. The van der Waals surface area contributed by atoms with Crippen molar-refractivity contribution in [2.24, 2.45) is 0 Å². The molecule has 5 nitrogen and oxygen atoms in total. The van der Waals surface area contributed by atoms with Crippen LogP contribution in [0.25, 0.3) is 0 Å². The van der Waals surface area contributed by atoms with Gasteiger partial charge in [0.1, 0.15) is 0 Å². The maximum atomic E-state index is 13.1. The molecule has 2 rings (SSSR count). The van der Waals surface area contributed by atoms with Crippen LogP contribution in [-0.2, 0) is 19.9 Å². The molecule has 23 heavy (non-hydrogen) atoms. The van der Waals surface area contributed by atoms with Crippen LogP contribution in [0.1, 0.15) is 39.0 Å². The standard InChI is InChI=1S/C15H22BrNO4S2/c1-3-17(12-7-5-4-6-8-12)23(20,21)15-11-13(22(2,18)19)9-10-14(15)16/h9-12H,3-8H2,1-2H3. The lowest BCUT2D eigenvalue weighted by atomic mass is 9.95. The minimum atomic E-state index is -3.74. The Morgan fingerprint density at radius 2 is 1.74 bits per heavy atom. The molecule has 1 saturated carbocycles. The fraction of sp³-hybridized carbons (Fsp3) is 0.600. The average Bonchev–Trinajstić information content (AvgIpc) is 2.47. The zero-order chi connectivity index (χ0) is 17.3. The molecule has 1 aliphatic rings. The molecule has 8 heteroatoms. The fourth-order valence-electron chi connectivity index (χ4n) is 3.03. The Morgan fingerprint density at radius 1 is 1.13 bits per heavy atom. The molecular formula is C15H22BrNO4S2. The Bertz CT molecular complexity index is 769. The van der Waals surface area contributed by atoms with E-state index in [2.05, 4.69) is 15.9 Å². The van der Waals surface area contributed by atoms with Crippen LogP contribution in [0.3, 0.4) is 0 Å². The van der Waals surface area contributed by atoms with E-state index in [4.69, 9.17) is 0 Å². The molecule has 0 radical (unpaired) electrons. The van der Waals surface area contributed by atoms with Crippen LogP contribution in [0.4, 0.5) is 0 Å². The largest absolute Gasteiger partial charge is 0.244 e. The second-order valence-corrected chi connectivity index (χ2v) is 10.6. The topological polar surface area (TPSA) is 71.5 Å². The van der Waals surface area contributed by atoms with Gasteiger partial charge in [0.05, 0.1) is 9.79 Å². The molecule has 1 aromatic rings. The van der Waals surface area contributed by atoms with Crippen molar-refractivity contribution in [1.82, 2.24) is 4.31 Å². The highest BCUT2D eigenvalue weighted by molar-refractivity contribution is 9.10. The van der Waals surface area contributed by atoms with Gasteiger partial charge in [-0.15, -0.1) is 0 Å². The summed E-state index contributed by atoms with van der Waals surface area (Å²) in [5.74, 6) is 0. The van der Waals surface area contributed by atoms with Gasteiger partial charge in [0.25, 0.3) is 0 Å². The van der Waals surface area contributed by atoms with E-state index in [0.717, 1.165) is 38.4 Å². The molecule has 0 N–H and O–H groups in total. The Balaban J connectivity index is 2.49. The molecule has 0 saturated heterocycles. The lowest BCUT2D eigenvalue weighted by Crippen LogP contribution is -2.41. The number of sulfonamides is 1. The van der Waals surface area contributed by atoms with Crippen molar-refractivity contribution >= 4 is 35.8 Å². The third kappa shape index (κ3) is 4.15. The molecule has 0 aromatic heterocycles. The first-order valence-electron chi connectivity index (χ1n) is 7.69. The van der Waals surface area contributed by atoms with Crippen LogP contribution in [0.15, 0.2) is 32.5 Å². The molecule has 0 unspecified atom stereocenters. The summed E-state index contributed by atoms with van der Waals surface area (Å²) in [7, 11) is -7.21. The van der Waals surface area contributed by atoms with E-state index in [9.17, 15) is 16.8 Å². The van der Waals surface area contributed by atoms with E-state index in [1.54, 1.807) is 0 Å². The third-order valence-corrected chi connectivity index (χ3v) is 8.34. The van der Waals surface area contributed by atoms with Crippen molar-refractivity contribution in [3.05, 3.63) is 22.7 Å². The summed E-state index contributed by atoms with van der Waals surface area (Å²) in [6.45, 7) is 2.20. The fourth-order valence-corrected chi connectivity index (χ4v) is 6.40. The third-order valence-electron chi connectivity index (χ3n) is 4.21. The van der Waals surface area contributed by atoms with Gasteiger partial charge in [-0.2, -0.15) is 4.31 Å². The van der Waals surface area contributed by atoms with Gasteiger partial charge in [0.15, 0.2) is 9.84 Å². The van der Waals surface area contributed by atoms with E-state index < -0.39 is 19.9 Å². The minimum Gasteiger partial charge on any atom is -0.224 e. The maximum absolute atomic E-state index is 13.1. The lowest BCUT2D eigenvalue weighted by molar-refractivity contribution is 0.261. The summed E-state index contributed by atoms with van der Waals surface area (Å²) in [6, 6.07) is 4.14. The summed E-state index contributed by atoms with van der Waals surface area (Å²) in [5.41, 5.74) is 0. The van der Waals surface area contributed by atoms with Crippen molar-refractivity contribution < 1.29 is 16.8 Å². The van der Waals surface area contributed by atoms with Crippen LogP contribution in [0.2, 0.25) is 0 Å². The van der Waals surface area contributed by atoms with E-state index in [1.807, 2.05) is 6.92 Å². The zero-order valence-electron chi connectivity index (χ0n) is 13.3. The Hall–Kier alpha value is -0.440.